The first-order valence-electron chi connectivity index (χ1n) is 7.14. The molecule has 0 aliphatic carbocycles. The summed E-state index contributed by atoms with van der Waals surface area (Å²) in [6.45, 7) is 4.49. The van der Waals surface area contributed by atoms with Crippen LogP contribution in [0.25, 0.3) is 11.3 Å². The minimum absolute atomic E-state index is 0.350. The van der Waals surface area contributed by atoms with Crippen molar-refractivity contribution in [3.8, 4) is 11.3 Å². The fourth-order valence-electron chi connectivity index (χ4n) is 2.38. The Morgan fingerprint density at radius 1 is 1.10 bits per heavy atom. The molecule has 0 bridgehead atoms. The zero-order valence-corrected chi connectivity index (χ0v) is 13.0. The summed E-state index contributed by atoms with van der Waals surface area (Å²) in [6, 6.07) is 15.1. The van der Waals surface area contributed by atoms with Crippen molar-refractivity contribution in [2.45, 2.75) is 19.9 Å². The van der Waals surface area contributed by atoms with Crippen LogP contribution >= 0.6 is 11.3 Å². The van der Waals surface area contributed by atoms with Crippen LogP contribution in [0.4, 0.5) is 5.69 Å². The normalized spacial score (nSPS) is 12.5. The molecule has 0 aliphatic rings. The lowest BCUT2D eigenvalue weighted by Gasteiger charge is -2.22. The average Bonchev–Trinajstić information content (AvgIpc) is 3.18. The molecule has 3 aromatic rings. The molecule has 0 fully saturated rings. The van der Waals surface area contributed by atoms with Gasteiger partial charge in [0.05, 0.1) is 11.7 Å². The Morgan fingerprint density at radius 2 is 1.90 bits per heavy atom. The van der Waals surface area contributed by atoms with E-state index in [4.69, 9.17) is 0 Å². The summed E-state index contributed by atoms with van der Waals surface area (Å²) in [5, 5.41) is 12.7. The maximum atomic E-state index is 3.99. The summed E-state index contributed by atoms with van der Waals surface area (Å²) in [5.41, 5.74) is 3.33. The van der Waals surface area contributed by atoms with Gasteiger partial charge in [0.2, 0.25) is 0 Å². The molecule has 0 saturated carbocycles. The van der Waals surface area contributed by atoms with Gasteiger partial charge in [0.1, 0.15) is 0 Å². The molecule has 2 aromatic heterocycles. The number of thiophene rings is 1. The van der Waals surface area contributed by atoms with Crippen LogP contribution in [0.2, 0.25) is 0 Å². The van der Waals surface area contributed by atoms with Crippen LogP contribution < -0.4 is 5.32 Å². The smallest absolute Gasteiger partial charge is 0.0650 e. The van der Waals surface area contributed by atoms with Gasteiger partial charge in [0, 0.05) is 16.8 Å². The summed E-state index contributed by atoms with van der Waals surface area (Å²) in [7, 11) is 0. The second kappa shape index (κ2) is 6.14. The lowest BCUT2D eigenvalue weighted by atomic mass is 10.0. The van der Waals surface area contributed by atoms with Gasteiger partial charge in [-0.2, -0.15) is 5.10 Å². The molecule has 1 unspecified atom stereocenters. The van der Waals surface area contributed by atoms with Gasteiger partial charge in [-0.25, -0.2) is 0 Å². The van der Waals surface area contributed by atoms with Crippen molar-refractivity contribution >= 4 is 17.0 Å². The molecule has 3 rings (SSSR count). The van der Waals surface area contributed by atoms with Crippen LogP contribution in [0.3, 0.4) is 0 Å². The fraction of sp³-hybridized carbons (Fsp3) is 0.235. The van der Waals surface area contributed by atoms with E-state index in [0.29, 0.717) is 12.0 Å². The summed E-state index contributed by atoms with van der Waals surface area (Å²) in [5.74, 6) is 0.538. The zero-order chi connectivity index (χ0) is 14.7. The van der Waals surface area contributed by atoms with Crippen LogP contribution in [0.5, 0.6) is 0 Å². The predicted octanol–water partition coefficient (Wildman–Crippen LogP) is 4.95. The Bertz CT molecular complexity index is 655. The minimum atomic E-state index is 0.350. The molecule has 1 aromatic carbocycles. The largest absolute Gasteiger partial charge is 0.377 e. The van der Waals surface area contributed by atoms with Gasteiger partial charge in [-0.05, 0) is 41.1 Å². The van der Waals surface area contributed by atoms with Crippen molar-refractivity contribution in [2.75, 3.05) is 5.32 Å². The molecule has 2 N–H and O–H groups in total. The number of hydrogen-bond acceptors (Lipinski definition) is 3. The molecule has 1 atom stereocenters. The van der Waals surface area contributed by atoms with Gasteiger partial charge in [-0.1, -0.05) is 32.0 Å². The van der Waals surface area contributed by atoms with Gasteiger partial charge in [0.25, 0.3) is 0 Å². The van der Waals surface area contributed by atoms with E-state index in [9.17, 15) is 0 Å². The minimum Gasteiger partial charge on any atom is -0.377 e. The van der Waals surface area contributed by atoms with E-state index < -0.39 is 0 Å². The SMILES string of the molecule is CC(C)C(Nc1ccc(-c2ccn[nH]2)cc1)c1cccs1. The number of rotatable bonds is 5. The highest BCUT2D eigenvalue weighted by Gasteiger charge is 2.16. The van der Waals surface area contributed by atoms with Crippen LogP contribution in [0, 0.1) is 5.92 Å². The Morgan fingerprint density at radius 3 is 2.48 bits per heavy atom. The molecule has 0 amide bonds. The number of nitrogens with zero attached hydrogens (tertiary/aromatic N) is 1. The van der Waals surface area contributed by atoms with Crippen molar-refractivity contribution in [2.24, 2.45) is 5.92 Å². The molecule has 3 nitrogen and oxygen atoms in total. The first-order valence-corrected chi connectivity index (χ1v) is 8.02. The Labute approximate surface area is 129 Å². The number of anilines is 1. The van der Waals surface area contributed by atoms with Crippen LogP contribution in [0.15, 0.2) is 54.0 Å². The molecule has 108 valence electrons. The third-order valence-electron chi connectivity index (χ3n) is 3.54. The van der Waals surface area contributed by atoms with Crippen LogP contribution in [-0.2, 0) is 0 Å². The lowest BCUT2D eigenvalue weighted by molar-refractivity contribution is 0.554. The van der Waals surface area contributed by atoms with E-state index in [0.717, 1.165) is 16.9 Å². The maximum Gasteiger partial charge on any atom is 0.0650 e. The van der Waals surface area contributed by atoms with E-state index in [1.807, 2.05) is 6.07 Å². The monoisotopic (exact) mass is 297 g/mol. The number of H-pyrrole nitrogens is 1. The highest BCUT2D eigenvalue weighted by atomic mass is 32.1. The van der Waals surface area contributed by atoms with Gasteiger partial charge < -0.3 is 5.32 Å². The highest BCUT2D eigenvalue weighted by Crippen LogP contribution is 2.30. The number of benzene rings is 1. The van der Waals surface area contributed by atoms with Crippen molar-refractivity contribution in [3.63, 3.8) is 0 Å². The lowest BCUT2D eigenvalue weighted by Crippen LogP contribution is -2.15. The molecule has 0 radical (unpaired) electrons. The summed E-state index contributed by atoms with van der Waals surface area (Å²) in [6.07, 6.45) is 1.77. The third-order valence-corrected chi connectivity index (χ3v) is 4.49. The number of hydrogen-bond donors (Lipinski definition) is 2. The van der Waals surface area contributed by atoms with E-state index in [2.05, 4.69) is 71.1 Å². The van der Waals surface area contributed by atoms with Crippen molar-refractivity contribution in [1.29, 1.82) is 0 Å². The summed E-state index contributed by atoms with van der Waals surface area (Å²) >= 11 is 1.80. The Kier molecular flexibility index (Phi) is 4.06. The molecule has 2 heterocycles. The van der Waals surface area contributed by atoms with Crippen molar-refractivity contribution in [3.05, 3.63) is 58.9 Å². The second-order valence-electron chi connectivity index (χ2n) is 5.43. The Hall–Kier alpha value is -2.07. The fourth-order valence-corrected chi connectivity index (χ4v) is 3.33. The molecule has 21 heavy (non-hydrogen) atoms. The first-order chi connectivity index (χ1) is 10.2. The maximum absolute atomic E-state index is 3.99. The molecular formula is C17H19N3S. The Balaban J connectivity index is 1.78. The zero-order valence-electron chi connectivity index (χ0n) is 12.2. The standard InChI is InChI=1S/C17H19N3S/c1-12(2)17(16-4-3-11-21-16)19-14-7-5-13(6-8-14)15-9-10-18-20-15/h3-12,17,19H,1-2H3,(H,18,20). The van der Waals surface area contributed by atoms with E-state index >= 15 is 0 Å². The van der Waals surface area contributed by atoms with Crippen LogP contribution in [0.1, 0.15) is 24.8 Å². The van der Waals surface area contributed by atoms with E-state index in [1.165, 1.54) is 4.88 Å². The van der Waals surface area contributed by atoms with Gasteiger partial charge in [0.15, 0.2) is 0 Å². The molecule has 0 saturated heterocycles. The van der Waals surface area contributed by atoms with Crippen molar-refractivity contribution in [1.82, 2.24) is 10.2 Å². The van der Waals surface area contributed by atoms with Gasteiger partial charge >= 0.3 is 0 Å². The third kappa shape index (κ3) is 3.16. The second-order valence-corrected chi connectivity index (χ2v) is 6.41. The quantitative estimate of drug-likeness (QED) is 0.699. The molecule has 4 heteroatoms. The molecule has 0 spiro atoms. The van der Waals surface area contributed by atoms with Gasteiger partial charge in [-0.15, -0.1) is 11.3 Å². The number of nitrogens with one attached hydrogen (secondary N) is 2. The van der Waals surface area contributed by atoms with Gasteiger partial charge in [-0.3, -0.25) is 5.10 Å². The van der Waals surface area contributed by atoms with E-state index in [-0.39, 0.29) is 0 Å². The van der Waals surface area contributed by atoms with Crippen molar-refractivity contribution < 1.29 is 0 Å². The number of aromatic amines is 1. The van der Waals surface area contributed by atoms with E-state index in [1.54, 1.807) is 17.5 Å². The first kappa shape index (κ1) is 13.9. The summed E-state index contributed by atoms with van der Waals surface area (Å²) in [4.78, 5) is 1.38. The number of aromatic nitrogens is 2. The predicted molar refractivity (Wildman–Crippen MR) is 89.5 cm³/mol. The topological polar surface area (TPSA) is 40.7 Å². The highest BCUT2D eigenvalue weighted by molar-refractivity contribution is 7.10. The molecule has 0 aliphatic heterocycles. The average molecular weight is 297 g/mol. The molecular weight excluding hydrogens is 278 g/mol. The van der Waals surface area contributed by atoms with Crippen LogP contribution in [-0.4, -0.2) is 10.2 Å². The summed E-state index contributed by atoms with van der Waals surface area (Å²) < 4.78 is 0.